The highest BCUT2D eigenvalue weighted by Crippen LogP contribution is 2.55. The zero-order valence-electron chi connectivity index (χ0n) is 28.4. The van der Waals surface area contributed by atoms with Gasteiger partial charge in [-0.25, -0.2) is 0 Å². The van der Waals surface area contributed by atoms with Crippen molar-refractivity contribution in [3.05, 3.63) is 56.5 Å². The number of ketones is 1. The number of hydrogen-bond acceptors (Lipinski definition) is 8. The van der Waals surface area contributed by atoms with Crippen LogP contribution >= 0.6 is 31.9 Å². The molecule has 1 aliphatic carbocycles. The molecule has 3 rings (SSSR count). The molecule has 0 radical (unpaired) electrons. The van der Waals surface area contributed by atoms with Gasteiger partial charge in [0.05, 0.1) is 25.7 Å². The summed E-state index contributed by atoms with van der Waals surface area (Å²) in [7, 11) is 0. The van der Waals surface area contributed by atoms with Crippen molar-refractivity contribution in [3.8, 4) is 11.1 Å². The minimum Gasteiger partial charge on any atom is -0.481 e. The van der Waals surface area contributed by atoms with E-state index < -0.39 is 29.3 Å². The molecule has 0 saturated heterocycles. The molecule has 5 N–H and O–H groups in total. The molecule has 15 heteroatoms. The summed E-state index contributed by atoms with van der Waals surface area (Å²) in [4.78, 5) is 74.4. The van der Waals surface area contributed by atoms with E-state index >= 15 is 0 Å². The Labute approximate surface area is 313 Å². The van der Waals surface area contributed by atoms with Crippen molar-refractivity contribution in [1.82, 2.24) is 15.1 Å². The molecule has 278 valence electrons. The average molecular weight is 840 g/mol. The van der Waals surface area contributed by atoms with Gasteiger partial charge >= 0.3 is 23.9 Å². The molecule has 0 saturated carbocycles. The number of carbonyl (C=O) groups is 6. The normalized spacial score (nSPS) is 12.8. The summed E-state index contributed by atoms with van der Waals surface area (Å²) in [5.74, 6) is -4.15. The predicted molar refractivity (Wildman–Crippen MR) is 196 cm³/mol. The number of halogens is 2. The van der Waals surface area contributed by atoms with Gasteiger partial charge in [-0.05, 0) is 72.3 Å². The van der Waals surface area contributed by atoms with Gasteiger partial charge in [0.2, 0.25) is 5.91 Å². The highest BCUT2D eigenvalue weighted by atomic mass is 79.9. The topological polar surface area (TPSA) is 202 Å². The van der Waals surface area contributed by atoms with Crippen LogP contribution in [0.1, 0.15) is 75.3 Å². The van der Waals surface area contributed by atoms with Crippen molar-refractivity contribution in [3.63, 3.8) is 0 Å². The Balaban J connectivity index is 1.74. The number of nitrogens with zero attached hydrogens (tertiary/aromatic N) is 2. The quantitative estimate of drug-likeness (QED) is 0.0897. The lowest BCUT2D eigenvalue weighted by Crippen LogP contribution is -2.38. The highest BCUT2D eigenvalue weighted by molar-refractivity contribution is 9.10. The molecule has 0 fully saturated rings. The molecule has 1 amide bonds. The van der Waals surface area contributed by atoms with Gasteiger partial charge < -0.3 is 35.5 Å². The van der Waals surface area contributed by atoms with Crippen LogP contribution in [-0.2, 0) is 34.2 Å². The molecule has 0 spiro atoms. The van der Waals surface area contributed by atoms with Gasteiger partial charge in [0, 0.05) is 72.9 Å². The van der Waals surface area contributed by atoms with E-state index in [1.54, 1.807) is 9.80 Å². The number of carboxylic acids is 4. The number of fused-ring (bicyclic) bond motifs is 3. The molecule has 13 nitrogen and oxygen atoms in total. The van der Waals surface area contributed by atoms with Gasteiger partial charge in [-0.3, -0.25) is 28.8 Å². The van der Waals surface area contributed by atoms with Crippen LogP contribution in [0.3, 0.4) is 0 Å². The van der Waals surface area contributed by atoms with E-state index in [0.29, 0.717) is 32.4 Å². The third kappa shape index (κ3) is 13.4. The molecular formula is C36H45Br2N3O10. The third-order valence-electron chi connectivity index (χ3n) is 9.14. The summed E-state index contributed by atoms with van der Waals surface area (Å²) in [6.45, 7) is 1.62. The molecule has 0 unspecified atom stereocenters. The summed E-state index contributed by atoms with van der Waals surface area (Å²) in [6, 6.07) is 12.1. The van der Waals surface area contributed by atoms with E-state index in [1.165, 1.54) is 0 Å². The minimum absolute atomic E-state index is 0.0121. The first-order valence-corrected chi connectivity index (χ1v) is 18.5. The Kier molecular flexibility index (Phi) is 16.7. The van der Waals surface area contributed by atoms with Crippen molar-refractivity contribution in [2.45, 2.75) is 69.6 Å². The maximum atomic E-state index is 13.4. The standard InChI is InChI=1S/C36H45Br2N3O10/c37-24-3-5-27-28-6-4-25(38)23-30(28)36(29(27)22-24,13-7-26(42)2-1-16-40(17-9-32(44)45)18-10-33(46)47)14-8-31(43)39-15-21-41(19-11-34(48)49)20-12-35(50)51/h3-6,22-23H,1-2,7-21H2,(H,39,43)(H,44,45)(H,46,47)(H,48,49)(H,50,51). The molecule has 0 aromatic heterocycles. The van der Waals surface area contributed by atoms with Crippen molar-refractivity contribution in [2.75, 3.05) is 45.8 Å². The lowest BCUT2D eigenvalue weighted by Gasteiger charge is -2.32. The number of rotatable bonds is 25. The third-order valence-corrected chi connectivity index (χ3v) is 10.1. The second-order valence-electron chi connectivity index (χ2n) is 12.7. The van der Waals surface area contributed by atoms with Crippen LogP contribution in [0.2, 0.25) is 0 Å². The van der Waals surface area contributed by atoms with Crippen molar-refractivity contribution < 1.29 is 49.2 Å². The van der Waals surface area contributed by atoms with Crippen LogP contribution in [0.4, 0.5) is 0 Å². The molecule has 51 heavy (non-hydrogen) atoms. The van der Waals surface area contributed by atoms with Crippen LogP contribution in [0, 0.1) is 0 Å². The van der Waals surface area contributed by atoms with Crippen LogP contribution in [0.25, 0.3) is 11.1 Å². The monoisotopic (exact) mass is 837 g/mol. The van der Waals surface area contributed by atoms with Gasteiger partial charge in [-0.1, -0.05) is 44.0 Å². The number of amides is 1. The fraction of sp³-hybridized carbons (Fsp3) is 0.500. The van der Waals surface area contributed by atoms with E-state index in [-0.39, 0.29) is 89.4 Å². The maximum absolute atomic E-state index is 13.4. The Hall–Kier alpha value is -3.66. The van der Waals surface area contributed by atoms with Crippen molar-refractivity contribution in [2.24, 2.45) is 0 Å². The summed E-state index contributed by atoms with van der Waals surface area (Å²) < 4.78 is 1.72. The Bertz CT molecular complexity index is 1430. The first-order chi connectivity index (χ1) is 24.2. The molecule has 0 aliphatic heterocycles. The smallest absolute Gasteiger partial charge is 0.304 e. The Morgan fingerprint density at radius 3 is 1.45 bits per heavy atom. The van der Waals surface area contributed by atoms with Crippen LogP contribution in [-0.4, -0.2) is 112 Å². The maximum Gasteiger partial charge on any atom is 0.304 e. The average Bonchev–Trinajstić information content (AvgIpc) is 3.32. The molecule has 0 atom stereocenters. The number of Topliss-reactive ketones (excluding diaryl/α,β-unsaturated/α-hetero) is 1. The minimum atomic E-state index is -0.994. The molecule has 2 aromatic carbocycles. The van der Waals surface area contributed by atoms with Crippen molar-refractivity contribution in [1.29, 1.82) is 0 Å². The second kappa shape index (κ2) is 20.4. The van der Waals surface area contributed by atoms with Crippen molar-refractivity contribution >= 4 is 67.4 Å². The molecule has 0 heterocycles. The van der Waals surface area contributed by atoms with E-state index in [0.717, 1.165) is 31.2 Å². The molecular weight excluding hydrogens is 794 g/mol. The first-order valence-electron chi connectivity index (χ1n) is 16.9. The molecule has 1 aliphatic rings. The predicted octanol–water partition coefficient (Wildman–Crippen LogP) is 5.01. The number of aliphatic carboxylic acids is 4. The number of hydrogen-bond donors (Lipinski definition) is 5. The number of carbonyl (C=O) groups excluding carboxylic acids is 2. The zero-order chi connectivity index (χ0) is 37.6. The number of carboxylic acid groups (broad SMARTS) is 4. The van der Waals surface area contributed by atoms with E-state index in [2.05, 4.69) is 37.2 Å². The van der Waals surface area contributed by atoms with Gasteiger partial charge in [-0.2, -0.15) is 0 Å². The van der Waals surface area contributed by atoms with Gasteiger partial charge in [0.15, 0.2) is 0 Å². The fourth-order valence-corrected chi connectivity index (χ4v) is 7.26. The lowest BCUT2D eigenvalue weighted by atomic mass is 9.71. The summed E-state index contributed by atoms with van der Waals surface area (Å²) >= 11 is 7.21. The first kappa shape index (κ1) is 41.8. The van der Waals surface area contributed by atoms with Crippen LogP contribution in [0.15, 0.2) is 45.3 Å². The van der Waals surface area contributed by atoms with Gasteiger partial charge in [0.1, 0.15) is 5.78 Å². The zero-order valence-corrected chi connectivity index (χ0v) is 31.5. The number of benzene rings is 2. The van der Waals surface area contributed by atoms with Gasteiger partial charge in [-0.15, -0.1) is 0 Å². The second-order valence-corrected chi connectivity index (χ2v) is 14.5. The number of nitrogens with one attached hydrogen (secondary N) is 1. The fourth-order valence-electron chi connectivity index (χ4n) is 6.54. The van der Waals surface area contributed by atoms with Crippen LogP contribution in [0.5, 0.6) is 0 Å². The summed E-state index contributed by atoms with van der Waals surface area (Å²) in [5.41, 5.74) is 3.39. The lowest BCUT2D eigenvalue weighted by molar-refractivity contribution is -0.139. The van der Waals surface area contributed by atoms with Gasteiger partial charge in [0.25, 0.3) is 0 Å². The molecule has 2 aromatic rings. The Morgan fingerprint density at radius 2 is 1.00 bits per heavy atom. The Morgan fingerprint density at radius 1 is 0.569 bits per heavy atom. The van der Waals surface area contributed by atoms with E-state index in [1.807, 2.05) is 36.4 Å². The summed E-state index contributed by atoms with van der Waals surface area (Å²) in [6.07, 6.45) is 1.36. The largest absolute Gasteiger partial charge is 0.481 e. The molecule has 0 bridgehead atoms. The highest BCUT2D eigenvalue weighted by Gasteiger charge is 2.43. The SMILES string of the molecule is O=C(O)CCN(CCCC(=O)CCC1(CCC(=O)NCCN(CCC(=O)O)CCC(=O)O)c2cc(Br)ccc2-c2ccc(Br)cc21)CCC(=O)O. The van der Waals surface area contributed by atoms with E-state index in [4.69, 9.17) is 20.4 Å². The summed E-state index contributed by atoms with van der Waals surface area (Å²) in [5, 5.41) is 39.2. The van der Waals surface area contributed by atoms with E-state index in [9.17, 15) is 28.8 Å². The van der Waals surface area contributed by atoms with Crippen LogP contribution < -0.4 is 5.32 Å².